The molecule has 4 N–H and O–H groups in total. The Morgan fingerprint density at radius 1 is 1.36 bits per heavy atom. The summed E-state index contributed by atoms with van der Waals surface area (Å²) < 4.78 is 1.81. The first-order chi connectivity index (χ1) is 15.9. The molecule has 10 nitrogen and oxygen atoms in total. The van der Waals surface area contributed by atoms with Gasteiger partial charge in [-0.05, 0) is 30.5 Å². The van der Waals surface area contributed by atoms with E-state index in [9.17, 15) is 19.6 Å². The number of nitrogens with one attached hydrogen (secondary N) is 1. The van der Waals surface area contributed by atoms with E-state index in [1.165, 1.54) is 10.6 Å². The third-order valence-corrected chi connectivity index (χ3v) is 6.56. The number of carbonyl (C=O) groups is 2. The lowest BCUT2D eigenvalue weighted by Crippen LogP contribution is -2.45. The monoisotopic (exact) mass is 466 g/mol. The van der Waals surface area contributed by atoms with Gasteiger partial charge >= 0.3 is 5.97 Å². The second-order valence-corrected chi connectivity index (χ2v) is 8.87. The maximum atomic E-state index is 13.5. The van der Waals surface area contributed by atoms with Crippen molar-refractivity contribution >= 4 is 39.4 Å². The molecule has 4 rings (SSSR count). The highest BCUT2D eigenvalue weighted by atomic mass is 32.1. The minimum Gasteiger partial charge on any atom is -0.480 e. The fourth-order valence-electron chi connectivity index (χ4n) is 3.87. The van der Waals surface area contributed by atoms with E-state index in [0.717, 1.165) is 24.2 Å². The maximum absolute atomic E-state index is 13.5. The molecule has 1 aromatic carbocycles. The molecule has 0 bridgehead atoms. The SMILES string of the molecule is N#Cc1ccccc1Cn1c(N2CCC[C@@H](N)C2)nc2cc(C(=O)NCC(=O)O)sc2c1=O. The highest BCUT2D eigenvalue weighted by Crippen LogP contribution is 2.26. The number of hydrogen-bond acceptors (Lipinski definition) is 8. The van der Waals surface area contributed by atoms with Crippen molar-refractivity contribution in [3.63, 3.8) is 0 Å². The average Bonchev–Trinajstić information content (AvgIpc) is 3.24. The van der Waals surface area contributed by atoms with Crippen LogP contribution >= 0.6 is 11.3 Å². The van der Waals surface area contributed by atoms with Crippen molar-refractivity contribution in [1.29, 1.82) is 5.26 Å². The minimum atomic E-state index is -1.16. The van der Waals surface area contributed by atoms with Crippen molar-refractivity contribution in [2.75, 3.05) is 24.5 Å². The molecule has 170 valence electrons. The molecule has 33 heavy (non-hydrogen) atoms. The smallest absolute Gasteiger partial charge is 0.322 e. The van der Waals surface area contributed by atoms with Crippen molar-refractivity contribution < 1.29 is 14.7 Å². The fourth-order valence-corrected chi connectivity index (χ4v) is 4.83. The molecular weight excluding hydrogens is 444 g/mol. The number of nitrogens with zero attached hydrogens (tertiary/aromatic N) is 4. The van der Waals surface area contributed by atoms with E-state index in [1.807, 2.05) is 4.90 Å². The zero-order valence-electron chi connectivity index (χ0n) is 17.7. The molecular formula is C22H22N6O4S. The third-order valence-electron chi connectivity index (χ3n) is 5.44. The summed E-state index contributed by atoms with van der Waals surface area (Å²) in [4.78, 5) is 43.5. The van der Waals surface area contributed by atoms with Crippen LogP contribution in [0.1, 0.15) is 33.6 Å². The minimum absolute atomic E-state index is 0.0500. The predicted octanol–water partition coefficient (Wildman–Crippen LogP) is 1.12. The summed E-state index contributed by atoms with van der Waals surface area (Å²) >= 11 is 0.965. The highest BCUT2D eigenvalue weighted by Gasteiger charge is 2.24. The van der Waals surface area contributed by atoms with Gasteiger partial charge < -0.3 is 21.1 Å². The van der Waals surface area contributed by atoms with Gasteiger partial charge in [0.15, 0.2) is 0 Å². The van der Waals surface area contributed by atoms with Crippen LogP contribution in [0.3, 0.4) is 0 Å². The number of nitrogens with two attached hydrogens (primary N) is 1. The number of thiophene rings is 1. The van der Waals surface area contributed by atoms with Gasteiger partial charge in [0.05, 0.1) is 28.6 Å². The van der Waals surface area contributed by atoms with Gasteiger partial charge in [0.2, 0.25) is 5.95 Å². The number of rotatable bonds is 6. The van der Waals surface area contributed by atoms with Crippen molar-refractivity contribution in [1.82, 2.24) is 14.9 Å². The van der Waals surface area contributed by atoms with E-state index < -0.39 is 18.4 Å². The summed E-state index contributed by atoms with van der Waals surface area (Å²) in [7, 11) is 0. The molecule has 2 aromatic heterocycles. The van der Waals surface area contributed by atoms with E-state index in [-0.39, 0.29) is 27.7 Å². The van der Waals surface area contributed by atoms with Gasteiger partial charge in [-0.1, -0.05) is 18.2 Å². The average molecular weight is 467 g/mol. The Bertz CT molecular complexity index is 1320. The molecule has 1 saturated heterocycles. The number of hydrogen-bond donors (Lipinski definition) is 3. The molecule has 1 aliphatic rings. The van der Waals surface area contributed by atoms with Crippen molar-refractivity contribution in [3.05, 3.63) is 56.7 Å². The molecule has 1 aliphatic heterocycles. The summed E-state index contributed by atoms with van der Waals surface area (Å²) in [5.74, 6) is -1.31. The highest BCUT2D eigenvalue weighted by molar-refractivity contribution is 7.20. The molecule has 0 spiro atoms. The van der Waals surface area contributed by atoms with E-state index in [2.05, 4.69) is 11.4 Å². The van der Waals surface area contributed by atoms with Crippen LogP contribution in [0.25, 0.3) is 10.2 Å². The number of carboxylic acid groups (broad SMARTS) is 1. The Morgan fingerprint density at radius 3 is 2.88 bits per heavy atom. The van der Waals surface area contributed by atoms with Crippen LogP contribution in [0.2, 0.25) is 0 Å². The van der Waals surface area contributed by atoms with Crippen LogP contribution in [0.5, 0.6) is 0 Å². The van der Waals surface area contributed by atoms with E-state index in [1.54, 1.807) is 24.3 Å². The zero-order chi connectivity index (χ0) is 23.5. The first kappa shape index (κ1) is 22.4. The van der Waals surface area contributed by atoms with E-state index >= 15 is 0 Å². The first-order valence-electron chi connectivity index (χ1n) is 10.4. The molecule has 0 radical (unpaired) electrons. The Hall–Kier alpha value is -3.75. The number of carboxylic acids is 1. The van der Waals surface area contributed by atoms with Gasteiger partial charge in [-0.15, -0.1) is 11.3 Å². The van der Waals surface area contributed by atoms with Crippen molar-refractivity contribution in [2.45, 2.75) is 25.4 Å². The van der Waals surface area contributed by atoms with Crippen LogP contribution < -0.4 is 21.5 Å². The molecule has 11 heteroatoms. The van der Waals surface area contributed by atoms with Crippen LogP contribution in [0.15, 0.2) is 35.1 Å². The molecule has 3 aromatic rings. The number of nitriles is 1. The Morgan fingerprint density at radius 2 is 2.15 bits per heavy atom. The second kappa shape index (κ2) is 9.40. The number of anilines is 1. The van der Waals surface area contributed by atoms with Crippen molar-refractivity contribution in [2.24, 2.45) is 5.73 Å². The third kappa shape index (κ3) is 4.72. The number of piperidine rings is 1. The van der Waals surface area contributed by atoms with E-state index in [0.29, 0.717) is 35.7 Å². The van der Waals surface area contributed by atoms with Gasteiger partial charge in [-0.2, -0.15) is 5.26 Å². The molecule has 0 aliphatic carbocycles. The first-order valence-corrected chi connectivity index (χ1v) is 11.2. The quantitative estimate of drug-likeness (QED) is 0.488. The molecule has 3 heterocycles. The van der Waals surface area contributed by atoms with Gasteiger partial charge in [0, 0.05) is 19.1 Å². The molecule has 0 unspecified atom stereocenters. The Kier molecular flexibility index (Phi) is 6.39. The summed E-state index contributed by atoms with van der Waals surface area (Å²) in [6.07, 6.45) is 1.74. The Labute approximate surface area is 192 Å². The lowest BCUT2D eigenvalue weighted by molar-refractivity contribution is -0.135. The number of fused-ring (bicyclic) bond motifs is 1. The van der Waals surface area contributed by atoms with Crippen LogP contribution in [0.4, 0.5) is 5.95 Å². The van der Waals surface area contributed by atoms with Gasteiger partial charge in [0.25, 0.3) is 11.5 Å². The van der Waals surface area contributed by atoms with Gasteiger partial charge in [0.1, 0.15) is 11.2 Å². The van der Waals surface area contributed by atoms with Crippen molar-refractivity contribution in [3.8, 4) is 6.07 Å². The molecule has 1 amide bonds. The standard InChI is InChI=1S/C22H22N6O4S/c23-9-13-4-1-2-5-14(13)11-28-21(32)19-16(8-17(33-19)20(31)25-10-18(29)30)26-22(28)27-7-3-6-15(24)12-27/h1-2,4-5,8,15H,3,6-7,10-12,24H2,(H,25,31)(H,29,30)/t15-/m1/s1. The lowest BCUT2D eigenvalue weighted by atomic mass is 10.1. The topological polar surface area (TPSA) is 154 Å². The summed E-state index contributed by atoms with van der Waals surface area (Å²) in [5.41, 5.74) is 7.35. The lowest BCUT2D eigenvalue weighted by Gasteiger charge is -2.33. The summed E-state index contributed by atoms with van der Waals surface area (Å²) in [6, 6.07) is 10.7. The van der Waals surface area contributed by atoms with Gasteiger partial charge in [-0.25, -0.2) is 4.98 Å². The molecule has 1 fully saturated rings. The number of amides is 1. The number of aromatic nitrogens is 2. The number of benzene rings is 1. The zero-order valence-corrected chi connectivity index (χ0v) is 18.5. The molecule has 1 atom stereocenters. The van der Waals surface area contributed by atoms with Crippen LogP contribution in [0, 0.1) is 11.3 Å². The predicted molar refractivity (Wildman–Crippen MR) is 124 cm³/mol. The number of aliphatic carboxylic acids is 1. The van der Waals surface area contributed by atoms with E-state index in [4.69, 9.17) is 15.8 Å². The molecule has 0 saturated carbocycles. The largest absolute Gasteiger partial charge is 0.480 e. The van der Waals surface area contributed by atoms with Crippen LogP contribution in [-0.2, 0) is 11.3 Å². The van der Waals surface area contributed by atoms with Crippen LogP contribution in [-0.4, -0.2) is 52.2 Å². The maximum Gasteiger partial charge on any atom is 0.322 e. The van der Waals surface area contributed by atoms with Gasteiger partial charge in [-0.3, -0.25) is 19.0 Å². The normalized spacial score (nSPS) is 15.9. The summed E-state index contributed by atoms with van der Waals surface area (Å²) in [5, 5.41) is 20.6. The summed E-state index contributed by atoms with van der Waals surface area (Å²) in [6.45, 7) is 0.840. The Balaban J connectivity index is 1.82. The second-order valence-electron chi connectivity index (χ2n) is 7.82. The number of carbonyl (C=O) groups excluding carboxylic acids is 1. The fraction of sp³-hybridized carbons (Fsp3) is 0.318.